The number of esters is 1. The summed E-state index contributed by atoms with van der Waals surface area (Å²) < 4.78 is 9.84. The van der Waals surface area contributed by atoms with E-state index in [2.05, 4.69) is 4.74 Å². The minimum absolute atomic E-state index is 0.0370. The van der Waals surface area contributed by atoms with Crippen LogP contribution in [0.2, 0.25) is 0 Å². The van der Waals surface area contributed by atoms with Gasteiger partial charge < -0.3 is 9.47 Å². The minimum Gasteiger partial charge on any atom is -0.496 e. The Morgan fingerprint density at radius 1 is 1.73 bits per heavy atom. The lowest BCUT2D eigenvalue weighted by Gasteiger charge is -2.08. The fourth-order valence-corrected chi connectivity index (χ4v) is 1.72. The topological polar surface area (TPSA) is 35.5 Å². The first-order valence-electron chi connectivity index (χ1n) is 3.62. The third-order valence-corrected chi connectivity index (χ3v) is 2.64. The lowest BCUT2D eigenvalue weighted by molar-refractivity contribution is -0.148. The monoisotopic (exact) mass is 154 g/mol. The molecule has 0 aromatic heterocycles. The molecular formula is C8H10O3. The van der Waals surface area contributed by atoms with Crippen LogP contribution in [-0.4, -0.2) is 19.2 Å². The summed E-state index contributed by atoms with van der Waals surface area (Å²) >= 11 is 0. The summed E-state index contributed by atoms with van der Waals surface area (Å²) in [6.07, 6.45) is 3.61. The van der Waals surface area contributed by atoms with Crippen molar-refractivity contribution < 1.29 is 14.3 Å². The van der Waals surface area contributed by atoms with Gasteiger partial charge in [0.1, 0.15) is 11.5 Å². The fraction of sp³-hybridized carbons (Fsp3) is 0.625. The summed E-state index contributed by atoms with van der Waals surface area (Å²) in [5.74, 6) is 0.0757. The summed E-state index contributed by atoms with van der Waals surface area (Å²) in [5.41, 5.74) is -0.399. The van der Waals surface area contributed by atoms with E-state index in [1.165, 1.54) is 7.11 Å². The molecule has 2 rings (SSSR count). The predicted molar refractivity (Wildman–Crippen MR) is 37.6 cm³/mol. The smallest absolute Gasteiger partial charge is 0.316 e. The molecule has 0 saturated heterocycles. The standard InChI is InChI=1S/C8H10O3/c1-8(7(9)10-2)5-3-4-11-6(5)8/h3-6H,1-2H3/t5-,6+,8+/m1/s1. The van der Waals surface area contributed by atoms with Gasteiger partial charge in [0, 0.05) is 5.92 Å². The summed E-state index contributed by atoms with van der Waals surface area (Å²) in [6, 6.07) is 0. The highest BCUT2D eigenvalue weighted by atomic mass is 16.5. The van der Waals surface area contributed by atoms with E-state index in [1.807, 2.05) is 13.0 Å². The van der Waals surface area contributed by atoms with Crippen LogP contribution < -0.4 is 0 Å². The van der Waals surface area contributed by atoms with E-state index in [9.17, 15) is 4.79 Å². The van der Waals surface area contributed by atoms with Gasteiger partial charge in [-0.15, -0.1) is 0 Å². The predicted octanol–water partition coefficient (Wildman–Crippen LogP) is 0.708. The van der Waals surface area contributed by atoms with Crippen LogP contribution in [0.3, 0.4) is 0 Å². The Kier molecular flexibility index (Phi) is 1.09. The minimum atomic E-state index is -0.399. The molecule has 0 radical (unpaired) electrons. The van der Waals surface area contributed by atoms with E-state index in [-0.39, 0.29) is 18.0 Å². The van der Waals surface area contributed by atoms with Crippen molar-refractivity contribution in [2.24, 2.45) is 11.3 Å². The number of ether oxygens (including phenoxy) is 2. The third kappa shape index (κ3) is 0.607. The van der Waals surface area contributed by atoms with Crippen LogP contribution in [-0.2, 0) is 14.3 Å². The van der Waals surface area contributed by atoms with Crippen molar-refractivity contribution in [3.63, 3.8) is 0 Å². The average molecular weight is 154 g/mol. The second-order valence-electron chi connectivity index (χ2n) is 3.19. The maximum Gasteiger partial charge on any atom is 0.316 e. The highest BCUT2D eigenvalue weighted by Crippen LogP contribution is 2.58. The lowest BCUT2D eigenvalue weighted by atomic mass is 10.1. The molecule has 3 nitrogen and oxygen atoms in total. The molecule has 1 fully saturated rings. The number of carbonyl (C=O) groups excluding carboxylic acids is 1. The van der Waals surface area contributed by atoms with Gasteiger partial charge in [0.25, 0.3) is 0 Å². The van der Waals surface area contributed by atoms with Gasteiger partial charge in [-0.25, -0.2) is 0 Å². The number of methoxy groups -OCH3 is 1. The Bertz CT molecular complexity index is 233. The molecule has 3 heteroatoms. The van der Waals surface area contributed by atoms with Crippen LogP contribution in [0.4, 0.5) is 0 Å². The molecule has 0 aromatic carbocycles. The van der Waals surface area contributed by atoms with Crippen molar-refractivity contribution in [3.05, 3.63) is 12.3 Å². The Morgan fingerprint density at radius 3 is 2.91 bits per heavy atom. The van der Waals surface area contributed by atoms with Gasteiger partial charge in [-0.05, 0) is 13.0 Å². The van der Waals surface area contributed by atoms with E-state index in [1.54, 1.807) is 6.26 Å². The Hall–Kier alpha value is -0.990. The van der Waals surface area contributed by atoms with Crippen molar-refractivity contribution in [2.75, 3.05) is 7.11 Å². The quantitative estimate of drug-likeness (QED) is 0.522. The van der Waals surface area contributed by atoms with Gasteiger partial charge in [-0.1, -0.05) is 0 Å². The van der Waals surface area contributed by atoms with E-state index in [0.717, 1.165) is 0 Å². The van der Waals surface area contributed by atoms with Gasteiger partial charge in [0.05, 0.1) is 13.4 Å². The molecule has 1 saturated carbocycles. The number of hydrogen-bond acceptors (Lipinski definition) is 3. The Balaban J connectivity index is 2.16. The van der Waals surface area contributed by atoms with E-state index < -0.39 is 5.41 Å². The molecule has 1 aliphatic heterocycles. The van der Waals surface area contributed by atoms with Crippen molar-refractivity contribution >= 4 is 5.97 Å². The lowest BCUT2D eigenvalue weighted by Crippen LogP contribution is -2.20. The second-order valence-corrected chi connectivity index (χ2v) is 3.19. The zero-order chi connectivity index (χ0) is 8.06. The molecule has 1 heterocycles. The summed E-state index contributed by atoms with van der Waals surface area (Å²) in [6.45, 7) is 1.87. The largest absolute Gasteiger partial charge is 0.496 e. The molecule has 0 N–H and O–H groups in total. The van der Waals surface area contributed by atoms with Crippen molar-refractivity contribution in [2.45, 2.75) is 13.0 Å². The van der Waals surface area contributed by atoms with Gasteiger partial charge in [0.15, 0.2) is 0 Å². The van der Waals surface area contributed by atoms with Gasteiger partial charge in [-0.3, -0.25) is 4.79 Å². The molecule has 0 aromatic rings. The van der Waals surface area contributed by atoms with Gasteiger partial charge in [-0.2, -0.15) is 0 Å². The fourth-order valence-electron chi connectivity index (χ4n) is 1.72. The third-order valence-electron chi connectivity index (χ3n) is 2.64. The second kappa shape index (κ2) is 1.78. The summed E-state index contributed by atoms with van der Waals surface area (Å²) in [5, 5.41) is 0. The highest BCUT2D eigenvalue weighted by molar-refractivity contribution is 5.82. The molecular weight excluding hydrogens is 144 g/mol. The van der Waals surface area contributed by atoms with Crippen molar-refractivity contribution in [3.8, 4) is 0 Å². The number of fused-ring (bicyclic) bond motifs is 1. The normalized spacial score (nSPS) is 44.5. The van der Waals surface area contributed by atoms with Crippen LogP contribution in [0.1, 0.15) is 6.92 Å². The molecule has 0 bridgehead atoms. The van der Waals surface area contributed by atoms with Crippen LogP contribution in [0.25, 0.3) is 0 Å². The van der Waals surface area contributed by atoms with Crippen LogP contribution in [0.15, 0.2) is 12.3 Å². The first kappa shape index (κ1) is 6.70. The summed E-state index contributed by atoms with van der Waals surface area (Å²) in [4.78, 5) is 11.2. The van der Waals surface area contributed by atoms with Crippen LogP contribution >= 0.6 is 0 Å². The van der Waals surface area contributed by atoms with Crippen molar-refractivity contribution in [1.29, 1.82) is 0 Å². The molecule has 11 heavy (non-hydrogen) atoms. The first-order chi connectivity index (χ1) is 5.21. The average Bonchev–Trinajstić information content (AvgIpc) is 2.51. The Morgan fingerprint density at radius 2 is 2.45 bits per heavy atom. The number of carbonyl (C=O) groups is 1. The van der Waals surface area contributed by atoms with E-state index in [0.29, 0.717) is 0 Å². The molecule has 1 aliphatic carbocycles. The molecule has 0 unspecified atom stereocenters. The first-order valence-corrected chi connectivity index (χ1v) is 3.62. The molecule has 0 spiro atoms. The highest BCUT2D eigenvalue weighted by Gasteiger charge is 2.70. The Labute approximate surface area is 65.0 Å². The summed E-state index contributed by atoms with van der Waals surface area (Å²) in [7, 11) is 1.41. The van der Waals surface area contributed by atoms with E-state index in [4.69, 9.17) is 4.74 Å². The molecule has 3 atom stereocenters. The SMILES string of the molecule is COC(=O)[C@@]1(C)[C@@H]2C=CO[C@@H]21. The van der Waals surface area contributed by atoms with Crippen LogP contribution in [0.5, 0.6) is 0 Å². The van der Waals surface area contributed by atoms with Gasteiger partial charge in [0.2, 0.25) is 0 Å². The zero-order valence-corrected chi connectivity index (χ0v) is 6.53. The molecule has 0 amide bonds. The van der Waals surface area contributed by atoms with E-state index >= 15 is 0 Å². The maximum absolute atomic E-state index is 11.2. The van der Waals surface area contributed by atoms with Gasteiger partial charge >= 0.3 is 5.97 Å². The number of hydrogen-bond donors (Lipinski definition) is 0. The molecule has 60 valence electrons. The van der Waals surface area contributed by atoms with Crippen molar-refractivity contribution in [1.82, 2.24) is 0 Å². The van der Waals surface area contributed by atoms with Crippen LogP contribution in [0, 0.1) is 11.3 Å². The number of rotatable bonds is 1. The maximum atomic E-state index is 11.2. The molecule has 2 aliphatic rings. The zero-order valence-electron chi connectivity index (χ0n) is 6.53.